The van der Waals surface area contributed by atoms with Gasteiger partial charge in [0, 0.05) is 12.6 Å². The summed E-state index contributed by atoms with van der Waals surface area (Å²) in [5, 5.41) is 12.4. The first kappa shape index (κ1) is 13.1. The van der Waals surface area contributed by atoms with Crippen LogP contribution >= 0.6 is 0 Å². The predicted molar refractivity (Wildman–Crippen MR) is 71.1 cm³/mol. The van der Waals surface area contributed by atoms with Crippen molar-refractivity contribution in [3.05, 3.63) is 35.4 Å². The average Bonchev–Trinajstić information content (AvgIpc) is 2.39. The third-order valence-electron chi connectivity index (χ3n) is 3.23. The first-order valence-corrected chi connectivity index (χ1v) is 6.54. The maximum Gasteiger partial charge on any atom is 0.0991 e. The number of morpholine rings is 1. The van der Waals surface area contributed by atoms with Gasteiger partial charge in [-0.1, -0.05) is 26.0 Å². The fourth-order valence-corrected chi connectivity index (χ4v) is 2.37. The number of ether oxygens (including phenoxy) is 1. The zero-order valence-corrected chi connectivity index (χ0v) is 11.0. The van der Waals surface area contributed by atoms with Gasteiger partial charge in [-0.15, -0.1) is 0 Å². The summed E-state index contributed by atoms with van der Waals surface area (Å²) in [6.45, 7) is 6.03. The molecule has 2 unspecified atom stereocenters. The molecule has 0 saturated carbocycles. The van der Waals surface area contributed by atoms with Gasteiger partial charge in [-0.25, -0.2) is 0 Å². The summed E-state index contributed by atoms with van der Waals surface area (Å²) in [6.07, 6.45) is 1.21. The molecular formula is C15H20N2O. The fraction of sp³-hybridized carbons (Fsp3) is 0.533. The highest BCUT2D eigenvalue weighted by Crippen LogP contribution is 2.22. The van der Waals surface area contributed by atoms with Gasteiger partial charge in [-0.3, -0.25) is 0 Å². The minimum Gasteiger partial charge on any atom is -0.371 e. The largest absolute Gasteiger partial charge is 0.371 e. The minimum atomic E-state index is 0.0710. The summed E-state index contributed by atoms with van der Waals surface area (Å²) >= 11 is 0. The molecule has 18 heavy (non-hydrogen) atoms. The van der Waals surface area contributed by atoms with E-state index in [1.54, 1.807) is 0 Å². The van der Waals surface area contributed by atoms with Crippen LogP contribution in [0.1, 0.15) is 37.5 Å². The highest BCUT2D eigenvalue weighted by molar-refractivity contribution is 5.34. The van der Waals surface area contributed by atoms with Gasteiger partial charge in [-0.05, 0) is 30.0 Å². The smallest absolute Gasteiger partial charge is 0.0991 e. The van der Waals surface area contributed by atoms with Gasteiger partial charge in [-0.2, -0.15) is 5.26 Å². The summed E-state index contributed by atoms with van der Waals surface area (Å²) in [5.74, 6) is 0.685. The maximum absolute atomic E-state index is 8.90. The fourth-order valence-electron chi connectivity index (χ4n) is 2.37. The monoisotopic (exact) mass is 244 g/mol. The van der Waals surface area contributed by atoms with Gasteiger partial charge >= 0.3 is 0 Å². The van der Waals surface area contributed by atoms with E-state index in [4.69, 9.17) is 10.00 Å². The lowest BCUT2D eigenvalue weighted by Crippen LogP contribution is -2.43. The Morgan fingerprint density at radius 2 is 2.33 bits per heavy atom. The lowest BCUT2D eigenvalue weighted by Gasteiger charge is -2.31. The van der Waals surface area contributed by atoms with E-state index in [9.17, 15) is 0 Å². The molecule has 1 aromatic rings. The summed E-state index contributed by atoms with van der Waals surface area (Å²) < 4.78 is 5.91. The number of hydrogen-bond donors (Lipinski definition) is 1. The SMILES string of the molecule is CC(C)CC1COC(c2cccc(C#N)c2)CN1. The van der Waals surface area contributed by atoms with E-state index in [0.717, 1.165) is 25.1 Å². The van der Waals surface area contributed by atoms with Crippen LogP contribution in [-0.4, -0.2) is 19.2 Å². The molecule has 1 N–H and O–H groups in total. The van der Waals surface area contributed by atoms with E-state index < -0.39 is 0 Å². The second-order valence-electron chi connectivity index (χ2n) is 5.29. The van der Waals surface area contributed by atoms with Crippen LogP contribution in [-0.2, 0) is 4.74 Å². The Morgan fingerprint density at radius 3 is 2.94 bits per heavy atom. The second-order valence-corrected chi connectivity index (χ2v) is 5.29. The molecule has 1 heterocycles. The highest BCUT2D eigenvalue weighted by atomic mass is 16.5. The van der Waals surface area contributed by atoms with Crippen molar-refractivity contribution in [2.45, 2.75) is 32.4 Å². The summed E-state index contributed by atoms with van der Waals surface area (Å²) in [7, 11) is 0. The van der Waals surface area contributed by atoms with Gasteiger partial charge < -0.3 is 10.1 Å². The van der Waals surface area contributed by atoms with E-state index in [1.807, 2.05) is 24.3 Å². The van der Waals surface area contributed by atoms with Crippen LogP contribution in [0, 0.1) is 17.2 Å². The van der Waals surface area contributed by atoms with E-state index in [-0.39, 0.29) is 6.10 Å². The molecule has 3 nitrogen and oxygen atoms in total. The summed E-state index contributed by atoms with van der Waals surface area (Å²) in [5.41, 5.74) is 1.78. The molecule has 0 bridgehead atoms. The molecular weight excluding hydrogens is 224 g/mol. The van der Waals surface area contributed by atoms with Crippen LogP contribution in [0.4, 0.5) is 0 Å². The topological polar surface area (TPSA) is 45.0 Å². The summed E-state index contributed by atoms with van der Waals surface area (Å²) in [4.78, 5) is 0. The van der Waals surface area contributed by atoms with Crippen molar-refractivity contribution < 1.29 is 4.74 Å². The number of nitrogens with one attached hydrogen (secondary N) is 1. The Balaban J connectivity index is 1.95. The van der Waals surface area contributed by atoms with Crippen LogP contribution in [0.2, 0.25) is 0 Å². The average molecular weight is 244 g/mol. The van der Waals surface area contributed by atoms with Crippen LogP contribution in [0.25, 0.3) is 0 Å². The lowest BCUT2D eigenvalue weighted by atomic mass is 10.0. The summed E-state index contributed by atoms with van der Waals surface area (Å²) in [6, 6.07) is 10.3. The minimum absolute atomic E-state index is 0.0710. The van der Waals surface area contributed by atoms with Crippen molar-refractivity contribution in [1.82, 2.24) is 5.32 Å². The Hall–Kier alpha value is -1.37. The molecule has 2 rings (SSSR count). The van der Waals surface area contributed by atoms with Crippen molar-refractivity contribution in [3.8, 4) is 6.07 Å². The third kappa shape index (κ3) is 3.32. The van der Waals surface area contributed by atoms with Gasteiger partial charge in [0.15, 0.2) is 0 Å². The molecule has 1 saturated heterocycles. The van der Waals surface area contributed by atoms with E-state index in [0.29, 0.717) is 17.5 Å². The molecule has 1 aliphatic rings. The maximum atomic E-state index is 8.90. The van der Waals surface area contributed by atoms with Crippen LogP contribution in [0.3, 0.4) is 0 Å². The van der Waals surface area contributed by atoms with Crippen LogP contribution in [0.5, 0.6) is 0 Å². The van der Waals surface area contributed by atoms with Gasteiger partial charge in [0.05, 0.1) is 24.3 Å². The number of rotatable bonds is 3. The first-order valence-electron chi connectivity index (χ1n) is 6.54. The van der Waals surface area contributed by atoms with Crippen LogP contribution in [0.15, 0.2) is 24.3 Å². The number of nitrogens with zero attached hydrogens (tertiary/aromatic N) is 1. The molecule has 0 radical (unpaired) electrons. The Bertz CT molecular complexity index is 428. The zero-order chi connectivity index (χ0) is 13.0. The van der Waals surface area contributed by atoms with E-state index >= 15 is 0 Å². The van der Waals surface area contributed by atoms with Crippen LogP contribution < -0.4 is 5.32 Å². The third-order valence-corrected chi connectivity index (χ3v) is 3.23. The van der Waals surface area contributed by atoms with Crippen molar-refractivity contribution in [3.63, 3.8) is 0 Å². The lowest BCUT2D eigenvalue weighted by molar-refractivity contribution is -0.00131. The zero-order valence-electron chi connectivity index (χ0n) is 11.0. The highest BCUT2D eigenvalue weighted by Gasteiger charge is 2.22. The molecule has 3 heteroatoms. The Morgan fingerprint density at radius 1 is 1.50 bits per heavy atom. The van der Waals surface area contributed by atoms with E-state index in [1.165, 1.54) is 0 Å². The van der Waals surface area contributed by atoms with Crippen molar-refractivity contribution in [1.29, 1.82) is 5.26 Å². The second kappa shape index (κ2) is 5.99. The Kier molecular flexibility index (Phi) is 4.35. The first-order chi connectivity index (χ1) is 8.69. The quantitative estimate of drug-likeness (QED) is 0.889. The Labute approximate surface area is 109 Å². The van der Waals surface area contributed by atoms with Crippen molar-refractivity contribution in [2.75, 3.05) is 13.2 Å². The molecule has 1 aliphatic heterocycles. The van der Waals surface area contributed by atoms with E-state index in [2.05, 4.69) is 25.2 Å². The van der Waals surface area contributed by atoms with Gasteiger partial charge in [0.25, 0.3) is 0 Å². The predicted octanol–water partition coefficient (Wildman–Crippen LogP) is 2.63. The molecule has 0 aromatic heterocycles. The van der Waals surface area contributed by atoms with Crippen molar-refractivity contribution >= 4 is 0 Å². The molecule has 96 valence electrons. The molecule has 1 aromatic carbocycles. The van der Waals surface area contributed by atoms with Gasteiger partial charge in [0.1, 0.15) is 0 Å². The molecule has 0 spiro atoms. The number of benzene rings is 1. The molecule has 0 amide bonds. The number of nitriles is 1. The normalized spacial score (nSPS) is 23.9. The molecule has 2 atom stereocenters. The van der Waals surface area contributed by atoms with Crippen molar-refractivity contribution in [2.24, 2.45) is 5.92 Å². The standard InChI is InChI=1S/C15H20N2O/c1-11(2)6-14-10-18-15(9-17-14)13-5-3-4-12(7-13)8-16/h3-5,7,11,14-15,17H,6,9-10H2,1-2H3. The van der Waals surface area contributed by atoms with Gasteiger partial charge in [0.2, 0.25) is 0 Å². The molecule has 1 fully saturated rings. The number of hydrogen-bond acceptors (Lipinski definition) is 3. The molecule has 0 aliphatic carbocycles.